The molecule has 24 heavy (non-hydrogen) atoms. The smallest absolute Gasteiger partial charge is 0.334 e. The first kappa shape index (κ1) is 16.8. The molecule has 1 aromatic heterocycles. The molecule has 0 unspecified atom stereocenters. The van der Waals surface area contributed by atoms with Crippen molar-refractivity contribution in [2.75, 3.05) is 0 Å². The Kier molecular flexibility index (Phi) is 4.81. The second kappa shape index (κ2) is 6.85. The van der Waals surface area contributed by atoms with Crippen LogP contribution in [0.2, 0.25) is 5.02 Å². The Morgan fingerprint density at radius 1 is 1.21 bits per heavy atom. The number of hydrogen-bond acceptors (Lipinski definition) is 3. The summed E-state index contributed by atoms with van der Waals surface area (Å²) in [6, 6.07) is 8.43. The van der Waals surface area contributed by atoms with Crippen molar-refractivity contribution in [2.45, 2.75) is 45.2 Å². The lowest BCUT2D eigenvalue weighted by molar-refractivity contribution is 0.343. The van der Waals surface area contributed by atoms with E-state index in [1.165, 1.54) is 9.13 Å². The van der Waals surface area contributed by atoms with Gasteiger partial charge < -0.3 is 5.11 Å². The fourth-order valence-corrected chi connectivity index (χ4v) is 3.62. The average molecular weight is 349 g/mol. The number of rotatable bonds is 4. The molecule has 1 saturated carbocycles. The van der Waals surface area contributed by atoms with Crippen LogP contribution in [0, 0.1) is 5.92 Å². The molecule has 0 saturated heterocycles. The second-order valence-electron chi connectivity index (χ2n) is 6.50. The molecule has 0 aliphatic heterocycles. The Morgan fingerprint density at radius 3 is 2.54 bits per heavy atom. The number of nitrogens with zero attached hydrogens (tertiary/aromatic N) is 2. The molecular weight excluding hydrogens is 328 g/mol. The topological polar surface area (TPSA) is 64.2 Å². The van der Waals surface area contributed by atoms with E-state index in [4.69, 9.17) is 11.6 Å². The Balaban J connectivity index is 1.91. The molecule has 0 spiro atoms. The summed E-state index contributed by atoms with van der Waals surface area (Å²) < 4.78 is 2.60. The lowest BCUT2D eigenvalue weighted by atomic mass is 10.1. The van der Waals surface area contributed by atoms with Gasteiger partial charge in [0.2, 0.25) is 5.88 Å². The van der Waals surface area contributed by atoms with Crippen LogP contribution in [0.1, 0.15) is 37.8 Å². The van der Waals surface area contributed by atoms with Gasteiger partial charge in [-0.2, -0.15) is 0 Å². The van der Waals surface area contributed by atoms with Gasteiger partial charge in [-0.15, -0.1) is 0 Å². The SMILES string of the molecule is C[C@H]1CCC[C@@H]1n1c(=O)cc(O)n(CCc2ccc(Cl)cc2)c1=O. The van der Waals surface area contributed by atoms with Gasteiger partial charge in [0.05, 0.1) is 6.07 Å². The largest absolute Gasteiger partial charge is 0.494 e. The minimum Gasteiger partial charge on any atom is -0.494 e. The molecule has 2 atom stereocenters. The monoisotopic (exact) mass is 348 g/mol. The summed E-state index contributed by atoms with van der Waals surface area (Å²) >= 11 is 5.87. The van der Waals surface area contributed by atoms with Crippen LogP contribution >= 0.6 is 11.6 Å². The van der Waals surface area contributed by atoms with E-state index in [0.717, 1.165) is 30.9 Å². The molecule has 0 bridgehead atoms. The van der Waals surface area contributed by atoms with Gasteiger partial charge in [-0.3, -0.25) is 13.9 Å². The molecule has 128 valence electrons. The fraction of sp³-hybridized carbons (Fsp3) is 0.444. The highest BCUT2D eigenvalue weighted by Gasteiger charge is 2.28. The van der Waals surface area contributed by atoms with Crippen molar-refractivity contribution in [1.29, 1.82) is 0 Å². The lowest BCUT2D eigenvalue weighted by Crippen LogP contribution is -2.42. The van der Waals surface area contributed by atoms with E-state index in [-0.39, 0.29) is 11.9 Å². The number of aromatic nitrogens is 2. The number of halogens is 1. The van der Waals surface area contributed by atoms with Crippen LogP contribution in [0.25, 0.3) is 0 Å². The molecule has 0 radical (unpaired) electrons. The van der Waals surface area contributed by atoms with E-state index in [1.807, 2.05) is 12.1 Å². The maximum absolute atomic E-state index is 12.8. The fourth-order valence-electron chi connectivity index (χ4n) is 3.50. The van der Waals surface area contributed by atoms with Crippen molar-refractivity contribution < 1.29 is 5.11 Å². The van der Waals surface area contributed by atoms with E-state index in [1.54, 1.807) is 12.1 Å². The van der Waals surface area contributed by atoms with Gasteiger partial charge >= 0.3 is 5.69 Å². The predicted octanol–water partition coefficient (Wildman–Crippen LogP) is 2.97. The van der Waals surface area contributed by atoms with E-state index >= 15 is 0 Å². The summed E-state index contributed by atoms with van der Waals surface area (Å²) in [6.07, 6.45) is 3.44. The quantitative estimate of drug-likeness (QED) is 0.923. The van der Waals surface area contributed by atoms with Crippen LogP contribution < -0.4 is 11.2 Å². The third kappa shape index (κ3) is 3.26. The van der Waals surface area contributed by atoms with Crippen molar-refractivity contribution in [1.82, 2.24) is 9.13 Å². The third-order valence-corrected chi connectivity index (χ3v) is 5.14. The van der Waals surface area contributed by atoms with Crippen molar-refractivity contribution >= 4 is 11.6 Å². The normalized spacial score (nSPS) is 20.4. The van der Waals surface area contributed by atoms with Gasteiger partial charge in [-0.05, 0) is 42.9 Å². The van der Waals surface area contributed by atoms with Crippen LogP contribution in [0.5, 0.6) is 5.88 Å². The molecule has 1 aliphatic rings. The molecule has 1 heterocycles. The summed E-state index contributed by atoms with van der Waals surface area (Å²) in [5.74, 6) is 0.0190. The predicted molar refractivity (Wildman–Crippen MR) is 93.8 cm³/mol. The highest BCUT2D eigenvalue weighted by Crippen LogP contribution is 2.33. The summed E-state index contributed by atoms with van der Waals surface area (Å²) in [7, 11) is 0. The zero-order valence-electron chi connectivity index (χ0n) is 13.6. The Bertz CT molecular complexity index is 839. The molecule has 1 fully saturated rings. The molecular formula is C18H21ClN2O3. The zero-order valence-corrected chi connectivity index (χ0v) is 14.4. The van der Waals surface area contributed by atoms with Crippen molar-refractivity contribution in [2.24, 2.45) is 5.92 Å². The van der Waals surface area contributed by atoms with Gasteiger partial charge in [-0.25, -0.2) is 4.79 Å². The minimum atomic E-state index is -0.423. The molecule has 2 aromatic rings. The molecule has 0 amide bonds. The first-order chi connectivity index (χ1) is 11.5. The summed E-state index contributed by atoms with van der Waals surface area (Å²) in [4.78, 5) is 25.0. The van der Waals surface area contributed by atoms with Gasteiger partial charge in [0.15, 0.2) is 0 Å². The Labute approximate surface area is 145 Å². The molecule has 5 nitrogen and oxygen atoms in total. The lowest BCUT2D eigenvalue weighted by Gasteiger charge is -2.19. The maximum Gasteiger partial charge on any atom is 0.334 e. The highest BCUT2D eigenvalue weighted by atomic mass is 35.5. The van der Waals surface area contributed by atoms with Crippen LogP contribution in [-0.2, 0) is 13.0 Å². The number of benzene rings is 1. The van der Waals surface area contributed by atoms with E-state index in [9.17, 15) is 14.7 Å². The van der Waals surface area contributed by atoms with Crippen molar-refractivity contribution in [3.63, 3.8) is 0 Å². The van der Waals surface area contributed by atoms with Crippen LogP contribution in [0.3, 0.4) is 0 Å². The maximum atomic E-state index is 12.8. The van der Waals surface area contributed by atoms with Crippen molar-refractivity contribution in [3.05, 3.63) is 61.8 Å². The number of aryl methyl sites for hydroxylation is 1. The van der Waals surface area contributed by atoms with Crippen molar-refractivity contribution in [3.8, 4) is 5.88 Å². The van der Waals surface area contributed by atoms with Crippen LogP contribution in [0.15, 0.2) is 39.9 Å². The van der Waals surface area contributed by atoms with E-state index in [2.05, 4.69) is 6.92 Å². The molecule has 1 aromatic carbocycles. The van der Waals surface area contributed by atoms with Gasteiger partial charge in [-0.1, -0.05) is 37.1 Å². The minimum absolute atomic E-state index is 0.0765. The highest BCUT2D eigenvalue weighted by molar-refractivity contribution is 6.30. The zero-order chi connectivity index (χ0) is 17.3. The van der Waals surface area contributed by atoms with Gasteiger partial charge in [0.25, 0.3) is 5.56 Å². The third-order valence-electron chi connectivity index (χ3n) is 4.89. The molecule has 6 heteroatoms. The summed E-state index contributed by atoms with van der Waals surface area (Å²) in [6.45, 7) is 2.38. The molecule has 1 aliphatic carbocycles. The van der Waals surface area contributed by atoms with E-state index in [0.29, 0.717) is 23.9 Å². The first-order valence-corrected chi connectivity index (χ1v) is 8.65. The molecule has 1 N–H and O–H groups in total. The number of hydrogen-bond donors (Lipinski definition) is 1. The van der Waals surface area contributed by atoms with Crippen LogP contribution in [-0.4, -0.2) is 14.2 Å². The van der Waals surface area contributed by atoms with E-state index < -0.39 is 11.2 Å². The number of aromatic hydroxyl groups is 1. The second-order valence-corrected chi connectivity index (χ2v) is 6.93. The Hall–Kier alpha value is -2.01. The standard InChI is InChI=1S/C18H21ClN2O3/c1-12-3-2-4-15(12)21-17(23)11-16(22)20(18(21)24)10-9-13-5-7-14(19)8-6-13/h5-8,11-12,15,22H,2-4,9-10H2,1H3/t12-,15-/m0/s1. The van der Waals surface area contributed by atoms with Crippen LogP contribution in [0.4, 0.5) is 0 Å². The average Bonchev–Trinajstić information content (AvgIpc) is 2.94. The summed E-state index contributed by atoms with van der Waals surface area (Å²) in [5.41, 5.74) is 0.171. The Morgan fingerprint density at radius 2 is 1.92 bits per heavy atom. The van der Waals surface area contributed by atoms with Gasteiger partial charge in [0, 0.05) is 17.6 Å². The summed E-state index contributed by atoms with van der Waals surface area (Å²) in [5, 5.41) is 10.7. The van der Waals surface area contributed by atoms with Gasteiger partial charge in [0.1, 0.15) is 0 Å². The first-order valence-electron chi connectivity index (χ1n) is 8.27. The molecule has 3 rings (SSSR count).